The molecule has 0 saturated carbocycles. The molecule has 42 heavy (non-hydrogen) atoms. The fourth-order valence-corrected chi connectivity index (χ4v) is 6.14. The third kappa shape index (κ3) is 4.52. The summed E-state index contributed by atoms with van der Waals surface area (Å²) in [4.78, 5) is 27.8. The lowest BCUT2D eigenvalue weighted by molar-refractivity contribution is -0.129. The van der Waals surface area contributed by atoms with Crippen molar-refractivity contribution >= 4 is 22.9 Å². The summed E-state index contributed by atoms with van der Waals surface area (Å²) in [6, 6.07) is 15.9. The predicted octanol–water partition coefficient (Wildman–Crippen LogP) is 2.98. The van der Waals surface area contributed by atoms with E-state index in [0.717, 1.165) is 29.6 Å². The third-order valence-electron chi connectivity index (χ3n) is 8.25. The van der Waals surface area contributed by atoms with E-state index in [1.165, 1.54) is 17.2 Å². The summed E-state index contributed by atoms with van der Waals surface area (Å²) in [7, 11) is 0. The molecule has 0 bridgehead atoms. The van der Waals surface area contributed by atoms with Gasteiger partial charge in [-0.25, -0.2) is 19.6 Å². The number of aromatic nitrogens is 6. The number of nitrogens with two attached hydrogens (primary N) is 1. The van der Waals surface area contributed by atoms with Crippen LogP contribution in [-0.4, -0.2) is 70.4 Å². The van der Waals surface area contributed by atoms with Gasteiger partial charge < -0.3 is 21.1 Å². The van der Waals surface area contributed by atoms with Gasteiger partial charge in [-0.05, 0) is 78.9 Å². The zero-order chi connectivity index (χ0) is 28.8. The number of imidazole rings is 1. The number of fused-ring (bicyclic) bond motifs is 2. The summed E-state index contributed by atoms with van der Waals surface area (Å²) in [5.74, 6) is 1.60. The quantitative estimate of drug-likeness (QED) is 0.269. The Morgan fingerprint density at radius 3 is 2.81 bits per heavy atom. The summed E-state index contributed by atoms with van der Waals surface area (Å²) in [5, 5.41) is 18.8. The summed E-state index contributed by atoms with van der Waals surface area (Å²) in [6.07, 6.45) is 8.42. The number of β-amino-alcohol motifs (C(OH)–C–C–N with tert-alkyl or cyclic N) is 1. The highest BCUT2D eigenvalue weighted by Crippen LogP contribution is 2.36. The second kappa shape index (κ2) is 10.5. The highest BCUT2D eigenvalue weighted by molar-refractivity contribution is 5.87. The molecular formula is C31H31N9O2. The van der Waals surface area contributed by atoms with Crippen LogP contribution in [0.1, 0.15) is 30.0 Å². The second-order valence-corrected chi connectivity index (χ2v) is 10.8. The van der Waals surface area contributed by atoms with Crippen LogP contribution in [0.25, 0.3) is 34.1 Å². The topological polar surface area (TPSA) is 140 Å². The van der Waals surface area contributed by atoms with Crippen molar-refractivity contribution < 1.29 is 9.90 Å². The van der Waals surface area contributed by atoms with Crippen molar-refractivity contribution in [2.45, 2.75) is 37.5 Å². The van der Waals surface area contributed by atoms with E-state index in [1.54, 1.807) is 22.0 Å². The van der Waals surface area contributed by atoms with E-state index in [0.29, 0.717) is 42.6 Å². The molecule has 1 aliphatic heterocycles. The van der Waals surface area contributed by atoms with Crippen molar-refractivity contribution in [1.82, 2.24) is 39.5 Å². The molecule has 1 aromatic carbocycles. The highest BCUT2D eigenvalue weighted by atomic mass is 16.3. The van der Waals surface area contributed by atoms with E-state index < -0.39 is 6.10 Å². The number of pyridine rings is 2. The number of benzene rings is 1. The lowest BCUT2D eigenvalue weighted by Gasteiger charge is -2.37. The van der Waals surface area contributed by atoms with E-state index in [2.05, 4.69) is 40.2 Å². The average molecular weight is 562 g/mol. The summed E-state index contributed by atoms with van der Waals surface area (Å²) >= 11 is 0. The highest BCUT2D eigenvalue weighted by Gasteiger charge is 2.33. The average Bonchev–Trinajstić information content (AvgIpc) is 3.76. The summed E-state index contributed by atoms with van der Waals surface area (Å²) in [6.45, 7) is 4.47. The number of aliphatic hydroxyl groups is 1. The Labute approximate surface area is 242 Å². The van der Waals surface area contributed by atoms with Crippen molar-refractivity contribution in [3.63, 3.8) is 0 Å². The number of aryl methyl sites for hydroxylation is 1. The minimum atomic E-state index is -0.633. The fourth-order valence-electron chi connectivity index (χ4n) is 6.14. The first-order valence-corrected chi connectivity index (χ1v) is 14.1. The van der Waals surface area contributed by atoms with Gasteiger partial charge in [0.15, 0.2) is 17.3 Å². The number of nitrogens with zero attached hydrogens (tertiary/aromatic N) is 7. The van der Waals surface area contributed by atoms with Crippen molar-refractivity contribution in [2.75, 3.05) is 18.8 Å². The number of aliphatic hydroxyl groups excluding tert-OH is 1. The largest absolute Gasteiger partial charge is 0.390 e. The SMILES string of the molecule is C=CC(=O)N1CCC(N[C@H]2CCc3cc(-n4c(-c5cccnc5N)nc5ccc(-n6cccn6)nc54)ccc32)C(O)C1. The van der Waals surface area contributed by atoms with E-state index in [1.807, 2.05) is 41.1 Å². The number of likely N-dealkylation sites (tertiary alicyclic amines) is 1. The predicted molar refractivity (Wildman–Crippen MR) is 159 cm³/mol. The Balaban J connectivity index is 1.24. The molecule has 1 saturated heterocycles. The first kappa shape index (κ1) is 26.1. The number of piperidine rings is 1. The van der Waals surface area contributed by atoms with Crippen LogP contribution in [0.5, 0.6) is 0 Å². The zero-order valence-corrected chi connectivity index (χ0v) is 23.0. The van der Waals surface area contributed by atoms with Gasteiger partial charge >= 0.3 is 0 Å². The normalized spacial score (nSPS) is 20.1. The summed E-state index contributed by atoms with van der Waals surface area (Å²) in [5.41, 5.74) is 11.8. The van der Waals surface area contributed by atoms with Crippen LogP contribution >= 0.6 is 0 Å². The molecule has 2 aliphatic rings. The van der Waals surface area contributed by atoms with Crippen LogP contribution in [0, 0.1) is 0 Å². The van der Waals surface area contributed by atoms with Gasteiger partial charge in [-0.1, -0.05) is 12.6 Å². The minimum absolute atomic E-state index is 0.0860. The number of nitrogen functional groups attached to an aromatic ring is 1. The molecule has 1 amide bonds. The zero-order valence-electron chi connectivity index (χ0n) is 23.0. The minimum Gasteiger partial charge on any atom is -0.390 e. The van der Waals surface area contributed by atoms with E-state index >= 15 is 0 Å². The third-order valence-corrected chi connectivity index (χ3v) is 8.25. The number of hydrogen-bond acceptors (Lipinski definition) is 8. The standard InChI is InChI=1S/C31H31N9O2/c1-2-28(42)38-16-12-24(26(41)18-38)35-23-9-6-19-17-20(7-8-21(19)23)40-30(22-5-3-13-33-29(22)32)36-25-10-11-27(37-31(25)40)39-15-4-14-34-39/h2-5,7-8,10-11,13-15,17,23-24,26,35,41H,1,6,9,12,16,18H2,(H2,32,33)/t23-,24?,26?/m0/s1. The number of carbonyl (C=O) groups is 1. The Morgan fingerprint density at radius 2 is 2.02 bits per heavy atom. The number of carbonyl (C=O) groups excluding carboxylic acids is 1. The van der Waals surface area contributed by atoms with Crippen molar-refractivity contribution in [2.24, 2.45) is 0 Å². The molecule has 0 spiro atoms. The molecule has 7 rings (SSSR count). The molecular weight excluding hydrogens is 530 g/mol. The van der Waals surface area contributed by atoms with Crippen LogP contribution in [0.15, 0.2) is 79.8 Å². The van der Waals surface area contributed by atoms with Crippen LogP contribution in [0.4, 0.5) is 5.82 Å². The molecule has 0 radical (unpaired) electrons. The molecule has 5 aromatic rings. The molecule has 5 heterocycles. The maximum absolute atomic E-state index is 12.0. The molecule has 11 heteroatoms. The number of amides is 1. The van der Waals surface area contributed by atoms with Gasteiger partial charge in [0.25, 0.3) is 0 Å². The fraction of sp³-hybridized carbons (Fsp3) is 0.258. The van der Waals surface area contributed by atoms with Gasteiger partial charge in [-0.3, -0.25) is 9.36 Å². The smallest absolute Gasteiger partial charge is 0.246 e. The molecule has 1 fully saturated rings. The maximum atomic E-state index is 12.0. The monoisotopic (exact) mass is 561 g/mol. The van der Waals surface area contributed by atoms with Crippen LogP contribution < -0.4 is 11.1 Å². The Bertz CT molecular complexity index is 1800. The molecule has 4 N–H and O–H groups in total. The van der Waals surface area contributed by atoms with Gasteiger partial charge in [-0.15, -0.1) is 0 Å². The lowest BCUT2D eigenvalue weighted by atomic mass is 9.99. The molecule has 2 unspecified atom stereocenters. The number of nitrogens with one attached hydrogen (secondary N) is 1. The van der Waals surface area contributed by atoms with Crippen LogP contribution in [-0.2, 0) is 11.2 Å². The molecule has 3 atom stereocenters. The van der Waals surface area contributed by atoms with Gasteiger partial charge in [0.1, 0.15) is 11.3 Å². The van der Waals surface area contributed by atoms with Crippen LogP contribution in [0.2, 0.25) is 0 Å². The van der Waals surface area contributed by atoms with E-state index in [9.17, 15) is 9.90 Å². The Hall–Kier alpha value is -4.87. The van der Waals surface area contributed by atoms with Gasteiger partial charge in [0.05, 0.1) is 11.7 Å². The number of anilines is 1. The van der Waals surface area contributed by atoms with E-state index in [-0.39, 0.29) is 18.0 Å². The first-order chi connectivity index (χ1) is 20.5. The lowest BCUT2D eigenvalue weighted by Crippen LogP contribution is -2.54. The molecule has 1 aliphatic carbocycles. The number of rotatable bonds is 6. The first-order valence-electron chi connectivity index (χ1n) is 14.1. The van der Waals surface area contributed by atoms with Gasteiger partial charge in [0.2, 0.25) is 5.91 Å². The van der Waals surface area contributed by atoms with Crippen molar-refractivity contribution in [3.8, 4) is 22.9 Å². The van der Waals surface area contributed by atoms with Crippen LogP contribution in [0.3, 0.4) is 0 Å². The molecule has 212 valence electrons. The molecule has 11 nitrogen and oxygen atoms in total. The Kier molecular flexibility index (Phi) is 6.52. The van der Waals surface area contributed by atoms with E-state index in [4.69, 9.17) is 15.7 Å². The second-order valence-electron chi connectivity index (χ2n) is 10.8. The summed E-state index contributed by atoms with van der Waals surface area (Å²) < 4.78 is 3.76. The maximum Gasteiger partial charge on any atom is 0.246 e. The van der Waals surface area contributed by atoms with Gasteiger partial charge in [0, 0.05) is 49.5 Å². The van der Waals surface area contributed by atoms with Gasteiger partial charge in [-0.2, -0.15) is 5.10 Å². The number of hydrogen-bond donors (Lipinski definition) is 3. The molecule has 4 aromatic heterocycles. The van der Waals surface area contributed by atoms with Crippen molar-refractivity contribution in [1.29, 1.82) is 0 Å². The van der Waals surface area contributed by atoms with Crippen molar-refractivity contribution in [3.05, 3.63) is 90.9 Å². The Morgan fingerprint density at radius 1 is 1.12 bits per heavy atom.